The molecule has 0 radical (unpaired) electrons. The average molecular weight is 388 g/mol. The highest BCUT2D eigenvalue weighted by molar-refractivity contribution is 6.99. The molecule has 1 saturated heterocycles. The zero-order chi connectivity index (χ0) is 19.1. The Labute approximate surface area is 163 Å². The van der Waals surface area contributed by atoms with Gasteiger partial charge in [0, 0.05) is 13.1 Å². The highest BCUT2D eigenvalue weighted by Gasteiger charge is 2.43. The molecule has 0 saturated carbocycles. The summed E-state index contributed by atoms with van der Waals surface area (Å²) in [4.78, 5) is 27.0. The number of aryl methyl sites for hydroxylation is 1. The lowest BCUT2D eigenvalue weighted by atomic mass is 9.74. The van der Waals surface area contributed by atoms with E-state index in [0.717, 1.165) is 31.0 Å². The minimum absolute atomic E-state index is 0.106. The van der Waals surface area contributed by atoms with Gasteiger partial charge in [-0.05, 0) is 44.6 Å². The third-order valence-electron chi connectivity index (χ3n) is 5.26. The van der Waals surface area contributed by atoms with Gasteiger partial charge in [-0.25, -0.2) is 0 Å². The number of hydrogen-bond donors (Lipinski definition) is 0. The second-order valence-corrected chi connectivity index (χ2v) is 7.48. The Morgan fingerprint density at radius 1 is 1.22 bits per heavy atom. The van der Waals surface area contributed by atoms with Crippen LogP contribution >= 0.6 is 11.7 Å². The summed E-state index contributed by atoms with van der Waals surface area (Å²) < 4.78 is 13.3. The van der Waals surface area contributed by atoms with Crippen LogP contribution in [0.3, 0.4) is 0 Å². The number of rotatable bonds is 7. The lowest BCUT2D eigenvalue weighted by Gasteiger charge is -2.39. The Balaban J connectivity index is 1.62. The zero-order valence-corrected chi connectivity index (χ0v) is 16.4. The predicted molar refractivity (Wildman–Crippen MR) is 103 cm³/mol. The molecule has 1 amide bonds. The summed E-state index contributed by atoms with van der Waals surface area (Å²) in [5, 5.41) is 0. The normalized spacial score (nSPS) is 16.1. The summed E-state index contributed by atoms with van der Waals surface area (Å²) in [7, 11) is 0. The molecule has 6 nitrogen and oxygen atoms in total. The number of benzene rings is 1. The van der Waals surface area contributed by atoms with Crippen molar-refractivity contribution in [1.82, 2.24) is 13.6 Å². The van der Waals surface area contributed by atoms with Gasteiger partial charge in [-0.1, -0.05) is 30.3 Å². The van der Waals surface area contributed by atoms with Crippen LogP contribution in [0.25, 0.3) is 0 Å². The van der Waals surface area contributed by atoms with Crippen LogP contribution in [0.5, 0.6) is 0 Å². The molecule has 2 aromatic rings. The van der Waals surface area contributed by atoms with Crippen molar-refractivity contribution in [2.75, 3.05) is 19.7 Å². The van der Waals surface area contributed by atoms with Crippen molar-refractivity contribution in [2.45, 2.75) is 39.0 Å². The van der Waals surface area contributed by atoms with Crippen molar-refractivity contribution in [1.29, 1.82) is 0 Å². The standard InChI is InChI=1S/C20H25N3O3S/c1-2-26-19(25)20(10-6-9-16-7-4-3-5-8-16)11-13-23(14-12-20)18(24)17-15-21-27-22-17/h3-5,7-8,15H,2,6,9-14H2,1H3. The number of hydrogen-bond acceptors (Lipinski definition) is 6. The zero-order valence-electron chi connectivity index (χ0n) is 15.6. The molecule has 144 valence electrons. The molecule has 1 aliphatic heterocycles. The number of ether oxygens (including phenoxy) is 1. The number of piperidine rings is 1. The first-order valence-corrected chi connectivity index (χ1v) is 10.2. The Morgan fingerprint density at radius 3 is 2.59 bits per heavy atom. The van der Waals surface area contributed by atoms with E-state index in [0.29, 0.717) is 38.2 Å². The molecule has 2 heterocycles. The predicted octanol–water partition coefficient (Wildman–Crippen LogP) is 3.35. The van der Waals surface area contributed by atoms with Crippen LogP contribution in [0, 0.1) is 5.41 Å². The summed E-state index contributed by atoms with van der Waals surface area (Å²) in [5.41, 5.74) is 1.16. The summed E-state index contributed by atoms with van der Waals surface area (Å²) >= 11 is 1.03. The smallest absolute Gasteiger partial charge is 0.312 e. The van der Waals surface area contributed by atoms with E-state index in [1.807, 2.05) is 25.1 Å². The molecule has 7 heteroatoms. The maximum Gasteiger partial charge on any atom is 0.312 e. The first kappa shape index (κ1) is 19.5. The van der Waals surface area contributed by atoms with Crippen LogP contribution in [0.4, 0.5) is 0 Å². The largest absolute Gasteiger partial charge is 0.466 e. The summed E-state index contributed by atoms with van der Waals surface area (Å²) in [6.45, 7) is 3.30. The van der Waals surface area contributed by atoms with Gasteiger partial charge in [0.05, 0.1) is 29.9 Å². The van der Waals surface area contributed by atoms with Gasteiger partial charge in [-0.2, -0.15) is 8.75 Å². The Hall–Kier alpha value is -2.28. The molecule has 27 heavy (non-hydrogen) atoms. The number of aromatic nitrogens is 2. The third kappa shape index (κ3) is 4.71. The van der Waals surface area contributed by atoms with E-state index in [1.54, 1.807) is 4.90 Å². The highest BCUT2D eigenvalue weighted by atomic mass is 32.1. The summed E-state index contributed by atoms with van der Waals surface area (Å²) in [5.74, 6) is -0.231. The minimum atomic E-state index is -0.498. The monoisotopic (exact) mass is 387 g/mol. The molecule has 1 aliphatic rings. The lowest BCUT2D eigenvalue weighted by molar-refractivity contribution is -0.159. The van der Waals surface area contributed by atoms with E-state index in [-0.39, 0.29) is 11.9 Å². The maximum atomic E-state index is 12.7. The van der Waals surface area contributed by atoms with Gasteiger partial charge < -0.3 is 9.64 Å². The number of likely N-dealkylation sites (tertiary alicyclic amines) is 1. The van der Waals surface area contributed by atoms with Gasteiger partial charge in [-0.3, -0.25) is 9.59 Å². The van der Waals surface area contributed by atoms with Gasteiger partial charge >= 0.3 is 5.97 Å². The quantitative estimate of drug-likeness (QED) is 0.681. The molecule has 0 N–H and O–H groups in total. The number of carbonyl (C=O) groups is 2. The molecule has 1 aromatic carbocycles. The van der Waals surface area contributed by atoms with E-state index < -0.39 is 5.41 Å². The van der Waals surface area contributed by atoms with Gasteiger partial charge in [0.15, 0.2) is 5.69 Å². The molecule has 0 spiro atoms. The molecule has 1 aromatic heterocycles. The van der Waals surface area contributed by atoms with Gasteiger partial charge in [0.2, 0.25) is 0 Å². The van der Waals surface area contributed by atoms with Crippen molar-refractivity contribution < 1.29 is 14.3 Å². The number of amides is 1. The van der Waals surface area contributed by atoms with E-state index in [1.165, 1.54) is 11.8 Å². The minimum Gasteiger partial charge on any atom is -0.466 e. The third-order valence-corrected chi connectivity index (χ3v) is 5.74. The van der Waals surface area contributed by atoms with Crippen LogP contribution in [0.15, 0.2) is 36.5 Å². The SMILES string of the molecule is CCOC(=O)C1(CCCc2ccccc2)CCN(C(=O)c2cnsn2)CC1. The van der Waals surface area contributed by atoms with E-state index in [9.17, 15) is 9.59 Å². The molecule has 3 rings (SSSR count). The van der Waals surface area contributed by atoms with Crippen molar-refractivity contribution in [3.05, 3.63) is 47.8 Å². The maximum absolute atomic E-state index is 12.7. The van der Waals surface area contributed by atoms with E-state index in [2.05, 4.69) is 20.9 Å². The topological polar surface area (TPSA) is 72.4 Å². The fourth-order valence-electron chi connectivity index (χ4n) is 3.67. The molecule has 0 aliphatic carbocycles. The summed E-state index contributed by atoms with van der Waals surface area (Å²) in [6, 6.07) is 10.3. The second-order valence-electron chi connectivity index (χ2n) is 6.92. The molecular weight excluding hydrogens is 362 g/mol. The molecule has 1 fully saturated rings. The van der Waals surface area contributed by atoms with E-state index in [4.69, 9.17) is 4.74 Å². The fourth-order valence-corrected chi connectivity index (χ4v) is 4.08. The highest BCUT2D eigenvalue weighted by Crippen LogP contribution is 2.38. The van der Waals surface area contributed by atoms with Crippen LogP contribution < -0.4 is 0 Å². The van der Waals surface area contributed by atoms with Crippen molar-refractivity contribution >= 4 is 23.6 Å². The Kier molecular flexibility index (Phi) is 6.55. The van der Waals surface area contributed by atoms with Crippen molar-refractivity contribution in [3.63, 3.8) is 0 Å². The average Bonchev–Trinajstić information content (AvgIpc) is 3.24. The van der Waals surface area contributed by atoms with Crippen LogP contribution in [0.2, 0.25) is 0 Å². The molecular formula is C20H25N3O3S. The Bertz CT molecular complexity index is 741. The first-order valence-electron chi connectivity index (χ1n) is 9.42. The van der Waals surface area contributed by atoms with Gasteiger partial charge in [0.25, 0.3) is 5.91 Å². The number of esters is 1. The molecule has 0 atom stereocenters. The molecule has 0 bridgehead atoms. The van der Waals surface area contributed by atoms with Crippen LogP contribution in [-0.4, -0.2) is 45.2 Å². The van der Waals surface area contributed by atoms with Crippen molar-refractivity contribution in [2.24, 2.45) is 5.41 Å². The second kappa shape index (κ2) is 9.08. The lowest BCUT2D eigenvalue weighted by Crippen LogP contribution is -2.47. The number of carbonyl (C=O) groups excluding carboxylic acids is 2. The molecule has 0 unspecified atom stereocenters. The Morgan fingerprint density at radius 2 is 1.96 bits per heavy atom. The van der Waals surface area contributed by atoms with Crippen LogP contribution in [-0.2, 0) is 16.0 Å². The fraction of sp³-hybridized carbons (Fsp3) is 0.500. The van der Waals surface area contributed by atoms with Crippen LogP contribution in [0.1, 0.15) is 48.7 Å². The first-order chi connectivity index (χ1) is 13.1. The number of nitrogens with zero attached hydrogens (tertiary/aromatic N) is 3. The van der Waals surface area contributed by atoms with Gasteiger partial charge in [0.1, 0.15) is 0 Å². The van der Waals surface area contributed by atoms with E-state index >= 15 is 0 Å². The van der Waals surface area contributed by atoms with Gasteiger partial charge in [-0.15, -0.1) is 0 Å². The summed E-state index contributed by atoms with van der Waals surface area (Å²) in [6.07, 6.45) is 5.40. The van der Waals surface area contributed by atoms with Crippen molar-refractivity contribution in [3.8, 4) is 0 Å².